The maximum atomic E-state index is 12.8. The molecule has 0 saturated carbocycles. The second-order valence-corrected chi connectivity index (χ2v) is 7.10. The summed E-state index contributed by atoms with van der Waals surface area (Å²) in [7, 11) is -2.87. The van der Waals surface area contributed by atoms with Gasteiger partial charge < -0.3 is 9.72 Å². The van der Waals surface area contributed by atoms with Gasteiger partial charge in [0, 0.05) is 11.8 Å². The molecule has 0 spiro atoms. The Kier molecular flexibility index (Phi) is 4.82. The molecule has 0 aliphatic rings. The molecule has 3 aromatic rings. The van der Waals surface area contributed by atoms with Crippen LogP contribution in [0.3, 0.4) is 0 Å². The summed E-state index contributed by atoms with van der Waals surface area (Å²) in [6.45, 7) is 1.31. The van der Waals surface area contributed by atoms with Crippen LogP contribution >= 0.6 is 0 Å². The number of methoxy groups -OCH3 is 1. The lowest BCUT2D eigenvalue weighted by atomic mass is 10.2. The number of H-pyrrole nitrogens is 1. The van der Waals surface area contributed by atoms with Gasteiger partial charge in [0.2, 0.25) is 0 Å². The average Bonchev–Trinajstić information content (AvgIpc) is 3.04. The summed E-state index contributed by atoms with van der Waals surface area (Å²) in [5.41, 5.74) is 0.0336. The van der Waals surface area contributed by atoms with Gasteiger partial charge in [-0.25, -0.2) is 4.98 Å². The molecule has 0 aliphatic carbocycles. The molecule has 1 aromatic carbocycles. The molecule has 1 N–H and O–H groups in total. The lowest BCUT2D eigenvalue weighted by Crippen LogP contribution is -2.10. The maximum absolute atomic E-state index is 12.8. The van der Waals surface area contributed by atoms with Gasteiger partial charge in [0.1, 0.15) is 12.4 Å². The molecule has 0 saturated heterocycles. The van der Waals surface area contributed by atoms with Crippen molar-refractivity contribution in [1.29, 1.82) is 0 Å². The van der Waals surface area contributed by atoms with Crippen molar-refractivity contribution in [3.05, 3.63) is 47.3 Å². The third-order valence-electron chi connectivity index (χ3n) is 3.85. The fraction of sp³-hybridized carbons (Fsp3) is 0.250. The highest BCUT2D eigenvalue weighted by Gasteiger charge is 2.31. The average molecular weight is 401 g/mol. The fourth-order valence-electron chi connectivity index (χ4n) is 2.40. The molecule has 2 aromatic heterocycles. The minimum atomic E-state index is -4.55. The van der Waals surface area contributed by atoms with Crippen molar-refractivity contribution in [2.24, 2.45) is 0 Å². The van der Waals surface area contributed by atoms with E-state index in [1.165, 1.54) is 13.3 Å². The van der Waals surface area contributed by atoms with E-state index < -0.39 is 27.0 Å². The number of hydrogen-bond acceptors (Lipinski definition) is 6. The lowest BCUT2D eigenvalue weighted by molar-refractivity contribution is -0.137. The van der Waals surface area contributed by atoms with Crippen LogP contribution < -0.4 is 4.74 Å². The van der Waals surface area contributed by atoms with Crippen LogP contribution in [0.2, 0.25) is 0 Å². The molecular formula is C16H14F3N3O4S. The lowest BCUT2D eigenvalue weighted by Gasteiger charge is -2.09. The summed E-state index contributed by atoms with van der Waals surface area (Å²) in [4.78, 5) is 10.2. The highest BCUT2D eigenvalue weighted by atomic mass is 32.2. The molecular weight excluding hydrogens is 387 g/mol. The van der Waals surface area contributed by atoms with Gasteiger partial charge in [-0.1, -0.05) is 0 Å². The Labute approximate surface area is 152 Å². The molecule has 3 rings (SSSR count). The predicted molar refractivity (Wildman–Crippen MR) is 88.6 cm³/mol. The third-order valence-corrected chi connectivity index (χ3v) is 4.95. The van der Waals surface area contributed by atoms with E-state index in [-0.39, 0.29) is 17.6 Å². The first-order chi connectivity index (χ1) is 12.6. The van der Waals surface area contributed by atoms with Crippen LogP contribution in [-0.4, -0.2) is 30.5 Å². The van der Waals surface area contributed by atoms with Crippen molar-refractivity contribution >= 4 is 21.2 Å². The summed E-state index contributed by atoms with van der Waals surface area (Å²) in [5.74, 6) is 0.518. The first kappa shape index (κ1) is 19.1. The van der Waals surface area contributed by atoms with Crippen LogP contribution in [0.25, 0.3) is 11.0 Å². The normalized spacial score (nSPS) is 12.5. The zero-order chi connectivity index (χ0) is 19.8. The second kappa shape index (κ2) is 6.82. The monoisotopic (exact) mass is 401 g/mol. The number of ether oxygens (including phenoxy) is 1. The number of benzene rings is 1. The molecule has 11 heteroatoms. The topological polar surface area (TPSA) is 94.2 Å². The molecule has 0 bridgehead atoms. The van der Waals surface area contributed by atoms with Gasteiger partial charge in [0.25, 0.3) is 5.16 Å². The first-order valence-corrected chi connectivity index (χ1v) is 8.97. The molecule has 0 atom stereocenters. The summed E-state index contributed by atoms with van der Waals surface area (Å²) in [6.07, 6.45) is -3.11. The standard InChI is InChI=1S/C16H14F3N3O4S/c1-9-13(20-6-5-14(9)25-2)8-26-27(23,24)15-21-11-4-3-10(16(17,18)19)7-12(11)22-15/h3-7H,8H2,1-2H3,(H,21,22). The van der Waals surface area contributed by atoms with Gasteiger partial charge in [0.15, 0.2) is 0 Å². The minimum Gasteiger partial charge on any atom is -0.496 e. The highest BCUT2D eigenvalue weighted by molar-refractivity contribution is 7.86. The van der Waals surface area contributed by atoms with Gasteiger partial charge in [-0.15, -0.1) is 0 Å². The van der Waals surface area contributed by atoms with Gasteiger partial charge in [-0.05, 0) is 31.2 Å². The third kappa shape index (κ3) is 3.88. The largest absolute Gasteiger partial charge is 0.496 e. The number of imidazole rings is 1. The summed E-state index contributed by atoms with van der Waals surface area (Å²) < 4.78 is 73.0. The molecule has 2 heterocycles. The number of hydrogen-bond donors (Lipinski definition) is 1. The van der Waals surface area contributed by atoms with Crippen LogP contribution in [0, 0.1) is 6.92 Å². The quantitative estimate of drug-likeness (QED) is 0.660. The van der Waals surface area contributed by atoms with Crippen molar-refractivity contribution in [1.82, 2.24) is 15.0 Å². The van der Waals surface area contributed by atoms with E-state index in [0.717, 1.165) is 18.2 Å². The zero-order valence-corrected chi connectivity index (χ0v) is 15.0. The molecule has 144 valence electrons. The maximum Gasteiger partial charge on any atom is 0.416 e. The minimum absolute atomic E-state index is 0.0670. The Morgan fingerprint density at radius 3 is 2.63 bits per heavy atom. The van der Waals surface area contributed by atoms with E-state index in [0.29, 0.717) is 17.0 Å². The second-order valence-electron chi connectivity index (χ2n) is 5.57. The number of pyridine rings is 1. The fourth-order valence-corrected chi connectivity index (χ4v) is 3.22. The number of fused-ring (bicyclic) bond motifs is 1. The van der Waals surface area contributed by atoms with Crippen LogP contribution in [0.4, 0.5) is 13.2 Å². The van der Waals surface area contributed by atoms with Gasteiger partial charge >= 0.3 is 16.3 Å². The van der Waals surface area contributed by atoms with E-state index in [9.17, 15) is 21.6 Å². The molecule has 0 unspecified atom stereocenters. The summed E-state index contributed by atoms with van der Waals surface area (Å²) in [5, 5.41) is -0.586. The van der Waals surface area contributed by atoms with Gasteiger partial charge in [0.05, 0.1) is 29.4 Å². The Bertz CT molecular complexity index is 1090. The summed E-state index contributed by atoms with van der Waals surface area (Å²) in [6, 6.07) is 4.31. The number of aromatic amines is 1. The Hall–Kier alpha value is -2.66. The Morgan fingerprint density at radius 1 is 1.22 bits per heavy atom. The van der Waals surface area contributed by atoms with Gasteiger partial charge in [-0.3, -0.25) is 9.17 Å². The van der Waals surface area contributed by atoms with Crippen LogP contribution in [0.5, 0.6) is 5.75 Å². The van der Waals surface area contributed by atoms with Crippen molar-refractivity contribution < 1.29 is 30.5 Å². The smallest absolute Gasteiger partial charge is 0.416 e. The first-order valence-electron chi connectivity index (χ1n) is 7.56. The SMILES string of the molecule is COc1ccnc(COS(=O)(=O)c2nc3ccc(C(F)(F)F)cc3[nH]2)c1C. The van der Waals surface area contributed by atoms with Crippen LogP contribution in [0.1, 0.15) is 16.8 Å². The van der Waals surface area contributed by atoms with Crippen molar-refractivity contribution in [3.8, 4) is 5.75 Å². The zero-order valence-electron chi connectivity index (χ0n) is 14.2. The van der Waals surface area contributed by atoms with E-state index >= 15 is 0 Å². The number of nitrogens with one attached hydrogen (secondary N) is 1. The van der Waals surface area contributed by atoms with Crippen molar-refractivity contribution in [2.75, 3.05) is 7.11 Å². The van der Waals surface area contributed by atoms with Crippen molar-refractivity contribution in [2.45, 2.75) is 24.9 Å². The number of alkyl halides is 3. The van der Waals surface area contributed by atoms with E-state index in [2.05, 4.69) is 15.0 Å². The van der Waals surface area contributed by atoms with E-state index in [1.54, 1.807) is 13.0 Å². The molecule has 7 nitrogen and oxygen atoms in total. The Morgan fingerprint density at radius 2 is 1.96 bits per heavy atom. The summed E-state index contributed by atoms with van der Waals surface area (Å²) >= 11 is 0. The predicted octanol–water partition coefficient (Wildman–Crippen LogP) is 3.20. The molecule has 0 amide bonds. The van der Waals surface area contributed by atoms with Crippen LogP contribution in [0.15, 0.2) is 35.6 Å². The molecule has 27 heavy (non-hydrogen) atoms. The molecule has 0 radical (unpaired) electrons. The van der Waals surface area contributed by atoms with E-state index in [1.807, 2.05) is 0 Å². The number of nitrogens with zero attached hydrogens (tertiary/aromatic N) is 2. The van der Waals surface area contributed by atoms with Crippen LogP contribution in [-0.2, 0) is 27.1 Å². The van der Waals surface area contributed by atoms with Crippen molar-refractivity contribution in [3.63, 3.8) is 0 Å². The number of rotatable bonds is 5. The number of halogens is 3. The van der Waals surface area contributed by atoms with Gasteiger partial charge in [-0.2, -0.15) is 21.6 Å². The molecule has 0 fully saturated rings. The highest BCUT2D eigenvalue weighted by Crippen LogP contribution is 2.31. The molecule has 0 aliphatic heterocycles. The Balaban J connectivity index is 1.87. The van der Waals surface area contributed by atoms with E-state index in [4.69, 9.17) is 8.92 Å². The number of aromatic nitrogens is 3.